The highest BCUT2D eigenvalue weighted by atomic mass is 127. The third kappa shape index (κ3) is 8.40. The van der Waals surface area contributed by atoms with Crippen molar-refractivity contribution in [2.24, 2.45) is 4.99 Å². The van der Waals surface area contributed by atoms with E-state index in [4.69, 9.17) is 19.2 Å². The molecule has 2 heterocycles. The molecule has 0 saturated carbocycles. The number of anilines is 1. The molecule has 1 aliphatic rings. The van der Waals surface area contributed by atoms with Gasteiger partial charge in [-0.25, -0.2) is 0 Å². The first-order valence-electron chi connectivity index (χ1n) is 11.4. The number of fused-ring (bicyclic) bond motifs is 1. The second kappa shape index (κ2) is 14.3. The van der Waals surface area contributed by atoms with Crippen molar-refractivity contribution in [1.82, 2.24) is 10.3 Å². The van der Waals surface area contributed by atoms with Gasteiger partial charge in [0, 0.05) is 56.0 Å². The Kier molecular flexibility index (Phi) is 10.8. The number of nitrogens with one attached hydrogen (secondary N) is 2. The minimum absolute atomic E-state index is 0. The van der Waals surface area contributed by atoms with Crippen molar-refractivity contribution in [2.75, 3.05) is 38.2 Å². The van der Waals surface area contributed by atoms with Crippen LogP contribution in [-0.4, -0.2) is 43.9 Å². The number of guanidine groups is 1. The Bertz CT molecular complexity index is 1020. The molecule has 0 spiro atoms. The Labute approximate surface area is 218 Å². The molecule has 0 saturated heterocycles. The van der Waals surface area contributed by atoms with Gasteiger partial charge in [-0.05, 0) is 36.4 Å². The van der Waals surface area contributed by atoms with Gasteiger partial charge in [0.2, 0.25) is 0 Å². The lowest BCUT2D eigenvalue weighted by Crippen LogP contribution is -2.33. The van der Waals surface area contributed by atoms with Crippen LogP contribution in [0, 0.1) is 0 Å². The van der Waals surface area contributed by atoms with E-state index in [1.807, 2.05) is 72.9 Å². The normalized spacial score (nSPS) is 12.8. The number of halogens is 1. The van der Waals surface area contributed by atoms with E-state index >= 15 is 0 Å². The summed E-state index contributed by atoms with van der Waals surface area (Å²) in [6.07, 6.45) is 4.31. The summed E-state index contributed by atoms with van der Waals surface area (Å²) in [5.41, 5.74) is 1.93. The Hall–Kier alpha value is -3.01. The fourth-order valence-electron chi connectivity index (χ4n) is 3.33. The average Bonchev–Trinajstić information content (AvgIpc) is 3.10. The number of pyridine rings is 1. The number of hydrogen-bond donors (Lipinski definition) is 2. The molecule has 0 aliphatic carbocycles. The summed E-state index contributed by atoms with van der Waals surface area (Å²) < 4.78 is 17.3. The molecule has 2 aromatic carbocycles. The maximum absolute atomic E-state index is 5.81. The molecule has 0 bridgehead atoms. The van der Waals surface area contributed by atoms with Gasteiger partial charge in [0.15, 0.2) is 17.5 Å². The average molecular weight is 574 g/mol. The van der Waals surface area contributed by atoms with Gasteiger partial charge >= 0.3 is 0 Å². The SMILES string of the molecule is I.c1ccc(OCCCN=C(NCCc2ccccn2)Nc2ccc3c(c2)OCCCO3)cc1. The third-order valence-electron chi connectivity index (χ3n) is 4.99. The molecule has 0 unspecified atom stereocenters. The summed E-state index contributed by atoms with van der Waals surface area (Å²) in [5, 5.41) is 6.79. The van der Waals surface area contributed by atoms with E-state index in [0.29, 0.717) is 38.9 Å². The number of hydrogen-bond acceptors (Lipinski definition) is 5. The van der Waals surface area contributed by atoms with E-state index < -0.39 is 0 Å². The van der Waals surface area contributed by atoms with Crippen molar-refractivity contribution in [1.29, 1.82) is 0 Å². The molecule has 2 N–H and O–H groups in total. The number of rotatable bonds is 9. The number of aromatic nitrogens is 1. The summed E-state index contributed by atoms with van der Waals surface area (Å²) in [4.78, 5) is 9.12. The molecule has 0 fully saturated rings. The molecule has 180 valence electrons. The van der Waals surface area contributed by atoms with Gasteiger partial charge in [-0.1, -0.05) is 24.3 Å². The predicted octanol–water partition coefficient (Wildman–Crippen LogP) is 4.93. The molecule has 4 rings (SSSR count). The fourth-order valence-corrected chi connectivity index (χ4v) is 3.33. The smallest absolute Gasteiger partial charge is 0.195 e. The van der Waals surface area contributed by atoms with Gasteiger partial charge in [-0.2, -0.15) is 0 Å². The quantitative estimate of drug-likeness (QED) is 0.163. The monoisotopic (exact) mass is 574 g/mol. The number of nitrogens with zero attached hydrogens (tertiary/aromatic N) is 2. The first-order chi connectivity index (χ1) is 16.4. The van der Waals surface area contributed by atoms with Gasteiger partial charge in [-0.15, -0.1) is 24.0 Å². The lowest BCUT2D eigenvalue weighted by molar-refractivity contribution is 0.297. The van der Waals surface area contributed by atoms with Crippen LogP contribution in [0.15, 0.2) is 77.9 Å². The molecule has 34 heavy (non-hydrogen) atoms. The van der Waals surface area contributed by atoms with Crippen LogP contribution >= 0.6 is 24.0 Å². The summed E-state index contributed by atoms with van der Waals surface area (Å²) in [7, 11) is 0. The summed E-state index contributed by atoms with van der Waals surface area (Å²) in [6, 6.07) is 21.6. The predicted molar refractivity (Wildman–Crippen MR) is 146 cm³/mol. The maximum atomic E-state index is 5.81. The Morgan fingerprint density at radius 1 is 0.971 bits per heavy atom. The van der Waals surface area contributed by atoms with Crippen LogP contribution < -0.4 is 24.8 Å². The second-order valence-electron chi connectivity index (χ2n) is 7.58. The van der Waals surface area contributed by atoms with E-state index in [2.05, 4.69) is 15.6 Å². The molecule has 0 radical (unpaired) electrons. The topological polar surface area (TPSA) is 77.0 Å². The highest BCUT2D eigenvalue weighted by Gasteiger charge is 2.11. The molecule has 1 aromatic heterocycles. The Morgan fingerprint density at radius 2 is 1.79 bits per heavy atom. The molecule has 0 amide bonds. The lowest BCUT2D eigenvalue weighted by atomic mass is 10.2. The van der Waals surface area contributed by atoms with Crippen LogP contribution in [0.1, 0.15) is 18.5 Å². The summed E-state index contributed by atoms with van der Waals surface area (Å²) in [5.74, 6) is 3.11. The highest BCUT2D eigenvalue weighted by Crippen LogP contribution is 2.32. The van der Waals surface area contributed by atoms with Crippen LogP contribution in [0.4, 0.5) is 5.69 Å². The molecule has 1 aliphatic heterocycles. The minimum atomic E-state index is 0. The van der Waals surface area contributed by atoms with E-state index in [9.17, 15) is 0 Å². The van der Waals surface area contributed by atoms with E-state index in [-0.39, 0.29) is 24.0 Å². The van der Waals surface area contributed by atoms with Crippen molar-refractivity contribution < 1.29 is 14.2 Å². The summed E-state index contributed by atoms with van der Waals surface area (Å²) in [6.45, 7) is 3.29. The van der Waals surface area contributed by atoms with Gasteiger partial charge in [0.1, 0.15) is 5.75 Å². The van der Waals surface area contributed by atoms with Crippen LogP contribution in [0.5, 0.6) is 17.2 Å². The molecular weight excluding hydrogens is 543 g/mol. The van der Waals surface area contributed by atoms with Crippen LogP contribution in [-0.2, 0) is 6.42 Å². The summed E-state index contributed by atoms with van der Waals surface area (Å²) >= 11 is 0. The Balaban J connectivity index is 0.00000324. The first kappa shape index (κ1) is 25.6. The van der Waals surface area contributed by atoms with Crippen molar-refractivity contribution in [3.63, 3.8) is 0 Å². The van der Waals surface area contributed by atoms with Crippen molar-refractivity contribution >= 4 is 35.6 Å². The molecule has 8 heteroatoms. The van der Waals surface area contributed by atoms with E-state index in [1.165, 1.54) is 0 Å². The zero-order valence-electron chi connectivity index (χ0n) is 19.1. The van der Waals surface area contributed by atoms with E-state index in [1.54, 1.807) is 0 Å². The second-order valence-corrected chi connectivity index (χ2v) is 7.58. The lowest BCUT2D eigenvalue weighted by Gasteiger charge is -2.15. The Morgan fingerprint density at radius 3 is 2.62 bits per heavy atom. The van der Waals surface area contributed by atoms with Gasteiger partial charge in [0.05, 0.1) is 19.8 Å². The van der Waals surface area contributed by atoms with Crippen molar-refractivity contribution in [3.05, 3.63) is 78.6 Å². The standard InChI is InChI=1S/C26H30N4O3.HI/c1-2-9-23(10-3-1)31-17-6-15-28-26(29-16-13-21-8-4-5-14-27-21)30-22-11-12-24-25(20-22)33-19-7-18-32-24;/h1-5,8-12,14,20H,6-7,13,15-19H2,(H2,28,29,30);1H. The van der Waals surface area contributed by atoms with Crippen LogP contribution in [0.3, 0.4) is 0 Å². The van der Waals surface area contributed by atoms with Crippen LogP contribution in [0.25, 0.3) is 0 Å². The number of benzene rings is 2. The minimum Gasteiger partial charge on any atom is -0.494 e. The highest BCUT2D eigenvalue weighted by molar-refractivity contribution is 14.0. The first-order valence-corrected chi connectivity index (χ1v) is 11.4. The van der Waals surface area contributed by atoms with E-state index in [0.717, 1.165) is 47.9 Å². The number of para-hydroxylation sites is 1. The zero-order valence-corrected chi connectivity index (χ0v) is 21.4. The van der Waals surface area contributed by atoms with Gasteiger partial charge in [0.25, 0.3) is 0 Å². The van der Waals surface area contributed by atoms with Crippen molar-refractivity contribution in [2.45, 2.75) is 19.3 Å². The molecule has 0 atom stereocenters. The molecular formula is C26H31IN4O3. The molecule has 3 aromatic rings. The van der Waals surface area contributed by atoms with Gasteiger partial charge < -0.3 is 24.8 Å². The maximum Gasteiger partial charge on any atom is 0.195 e. The van der Waals surface area contributed by atoms with Crippen molar-refractivity contribution in [3.8, 4) is 17.2 Å². The molecule has 7 nitrogen and oxygen atoms in total. The largest absolute Gasteiger partial charge is 0.494 e. The number of aliphatic imine (C=N–C) groups is 1. The van der Waals surface area contributed by atoms with Gasteiger partial charge in [-0.3, -0.25) is 9.98 Å². The number of ether oxygens (including phenoxy) is 3. The van der Waals surface area contributed by atoms with Crippen LogP contribution in [0.2, 0.25) is 0 Å². The zero-order chi connectivity index (χ0) is 22.6. The third-order valence-corrected chi connectivity index (χ3v) is 4.99. The fraction of sp³-hybridized carbons (Fsp3) is 0.308.